The summed E-state index contributed by atoms with van der Waals surface area (Å²) in [5.74, 6) is -0.765. The fourth-order valence-electron chi connectivity index (χ4n) is 5.90. The van der Waals surface area contributed by atoms with E-state index >= 15 is 0 Å². The van der Waals surface area contributed by atoms with E-state index in [1.54, 1.807) is 5.06 Å². The van der Waals surface area contributed by atoms with Gasteiger partial charge in [0.05, 0.1) is 18.0 Å². The number of carbonyl (C=O) groups excluding carboxylic acids is 1. The molecule has 0 unspecified atom stereocenters. The van der Waals surface area contributed by atoms with Crippen LogP contribution in [0.1, 0.15) is 55.5 Å². The Hall–Kier alpha value is -3.14. The first-order chi connectivity index (χ1) is 19.8. The van der Waals surface area contributed by atoms with Crippen LogP contribution in [0.5, 0.6) is 5.88 Å². The molecule has 5 rings (SSSR count). The number of nitrogens with zero attached hydrogens (tertiary/aromatic N) is 4. The van der Waals surface area contributed by atoms with E-state index in [-0.39, 0.29) is 24.5 Å². The highest BCUT2D eigenvalue weighted by Gasteiger charge is 2.36. The number of benzene rings is 2. The number of hydrogen-bond acceptors (Lipinski definition) is 6. The molecule has 2 fully saturated rings. The number of para-hydroxylation sites is 1. The van der Waals surface area contributed by atoms with Crippen molar-refractivity contribution in [2.45, 2.75) is 52.1 Å². The summed E-state index contributed by atoms with van der Waals surface area (Å²) in [6.45, 7) is 7.92. The highest BCUT2D eigenvalue weighted by Crippen LogP contribution is 2.37. The molecule has 0 N–H and O–H groups in total. The minimum absolute atomic E-state index is 0.0298. The molecule has 0 amide bonds. The van der Waals surface area contributed by atoms with Crippen LogP contribution < -0.4 is 4.74 Å². The second-order valence-corrected chi connectivity index (χ2v) is 11.4. The third-order valence-corrected chi connectivity index (χ3v) is 8.41. The zero-order valence-electron chi connectivity index (χ0n) is 24.2. The number of ether oxygens (including phenoxy) is 1. The average molecular weight is 567 g/mol. The molecule has 9 heteroatoms. The van der Waals surface area contributed by atoms with Crippen molar-refractivity contribution in [2.24, 2.45) is 11.8 Å². The van der Waals surface area contributed by atoms with Crippen molar-refractivity contribution in [1.82, 2.24) is 19.7 Å². The molecule has 0 radical (unpaired) electrons. The molecule has 0 spiro atoms. The standard InChI is InChI=1S/C32H40F2N4O3/c1-4-37-21-25(31(41-37)24-10-11-28(33)29(34)19-24)18-27(39)20-30-22(2)32(35-38(30)26-8-6-5-7-9-26)40-17-14-23-12-15-36(3)16-13-23/h5-11,19,23,25,31H,4,12-18,20-21H2,1-3H3/t25-,31+/m1/s1. The number of piperidine rings is 1. The van der Waals surface area contributed by atoms with Gasteiger partial charge in [-0.1, -0.05) is 31.2 Å². The molecule has 1 aromatic heterocycles. The Bertz CT molecular complexity index is 1320. The van der Waals surface area contributed by atoms with Crippen molar-refractivity contribution in [1.29, 1.82) is 0 Å². The van der Waals surface area contributed by atoms with Crippen molar-refractivity contribution in [3.8, 4) is 11.6 Å². The predicted molar refractivity (Wildman–Crippen MR) is 153 cm³/mol. The lowest BCUT2D eigenvalue weighted by molar-refractivity contribution is -0.146. The molecule has 3 heterocycles. The summed E-state index contributed by atoms with van der Waals surface area (Å²) < 4.78 is 35.6. The summed E-state index contributed by atoms with van der Waals surface area (Å²) in [7, 11) is 2.16. The van der Waals surface area contributed by atoms with Crippen LogP contribution in [0.2, 0.25) is 0 Å². The minimum atomic E-state index is -0.920. The zero-order valence-corrected chi connectivity index (χ0v) is 24.2. The molecule has 7 nitrogen and oxygen atoms in total. The molecule has 2 saturated heterocycles. The van der Waals surface area contributed by atoms with Crippen LogP contribution in [0.3, 0.4) is 0 Å². The van der Waals surface area contributed by atoms with E-state index in [0.717, 1.165) is 42.5 Å². The van der Waals surface area contributed by atoms with E-state index in [1.165, 1.54) is 25.0 Å². The van der Waals surface area contributed by atoms with E-state index < -0.39 is 17.7 Å². The zero-order chi connectivity index (χ0) is 28.9. The Morgan fingerprint density at radius 2 is 1.85 bits per heavy atom. The highest BCUT2D eigenvalue weighted by molar-refractivity contribution is 5.81. The molecule has 0 saturated carbocycles. The maximum atomic E-state index is 14.0. The fourth-order valence-corrected chi connectivity index (χ4v) is 5.90. The summed E-state index contributed by atoms with van der Waals surface area (Å²) >= 11 is 0. The van der Waals surface area contributed by atoms with Crippen LogP contribution in [-0.4, -0.2) is 65.4 Å². The summed E-state index contributed by atoms with van der Waals surface area (Å²) in [5, 5.41) is 6.57. The SMILES string of the molecule is CCN1C[C@@H](CC(=O)Cc2c(C)c(OCCC3CCN(C)CC3)nn2-c2ccccc2)[C@H](c2ccc(F)c(F)c2)O1. The van der Waals surface area contributed by atoms with Gasteiger partial charge in [0.15, 0.2) is 11.6 Å². The molecule has 2 atom stereocenters. The highest BCUT2D eigenvalue weighted by atomic mass is 19.2. The number of hydrogen-bond donors (Lipinski definition) is 0. The molecule has 2 aliphatic heterocycles. The van der Waals surface area contributed by atoms with Crippen LogP contribution in [0.4, 0.5) is 8.78 Å². The van der Waals surface area contributed by atoms with Gasteiger partial charge in [-0.25, -0.2) is 13.5 Å². The van der Waals surface area contributed by atoms with Gasteiger partial charge in [0, 0.05) is 37.4 Å². The first-order valence-electron chi connectivity index (χ1n) is 14.7. The normalized spacial score (nSPS) is 20.5. The van der Waals surface area contributed by atoms with E-state index in [4.69, 9.17) is 14.7 Å². The van der Waals surface area contributed by atoms with Gasteiger partial charge in [-0.15, -0.1) is 5.10 Å². The monoisotopic (exact) mass is 566 g/mol. The Morgan fingerprint density at radius 1 is 1.10 bits per heavy atom. The number of aromatic nitrogens is 2. The first-order valence-corrected chi connectivity index (χ1v) is 14.7. The van der Waals surface area contributed by atoms with Gasteiger partial charge in [0.25, 0.3) is 0 Å². The van der Waals surface area contributed by atoms with Crippen LogP contribution in [-0.2, 0) is 16.1 Å². The minimum Gasteiger partial charge on any atom is -0.476 e. The molecule has 0 bridgehead atoms. The van der Waals surface area contributed by atoms with Crippen LogP contribution >= 0.6 is 0 Å². The van der Waals surface area contributed by atoms with E-state index in [1.807, 2.05) is 48.9 Å². The van der Waals surface area contributed by atoms with E-state index in [0.29, 0.717) is 37.1 Å². The molecule has 0 aliphatic carbocycles. The smallest absolute Gasteiger partial charge is 0.236 e. The Kier molecular flexibility index (Phi) is 9.47. The summed E-state index contributed by atoms with van der Waals surface area (Å²) in [6, 6.07) is 13.6. The lowest BCUT2D eigenvalue weighted by Crippen LogP contribution is -2.30. The summed E-state index contributed by atoms with van der Waals surface area (Å²) in [4.78, 5) is 22.0. The van der Waals surface area contributed by atoms with Crippen LogP contribution in [0.15, 0.2) is 48.5 Å². The van der Waals surface area contributed by atoms with Gasteiger partial charge in [0.2, 0.25) is 5.88 Å². The van der Waals surface area contributed by atoms with Crippen LogP contribution in [0, 0.1) is 30.4 Å². The topological polar surface area (TPSA) is 59.8 Å². The molecular weight excluding hydrogens is 526 g/mol. The van der Waals surface area contributed by atoms with Crippen molar-refractivity contribution in [2.75, 3.05) is 39.8 Å². The number of ketones is 1. The number of hydroxylamine groups is 2. The Balaban J connectivity index is 1.31. The van der Waals surface area contributed by atoms with E-state index in [9.17, 15) is 13.6 Å². The van der Waals surface area contributed by atoms with Gasteiger partial charge >= 0.3 is 0 Å². The van der Waals surface area contributed by atoms with Crippen molar-refractivity contribution >= 4 is 5.78 Å². The predicted octanol–water partition coefficient (Wildman–Crippen LogP) is 5.70. The second kappa shape index (κ2) is 13.2. The maximum absolute atomic E-state index is 14.0. The second-order valence-electron chi connectivity index (χ2n) is 11.4. The number of rotatable bonds is 11. The Morgan fingerprint density at radius 3 is 2.56 bits per heavy atom. The Labute approximate surface area is 241 Å². The average Bonchev–Trinajstić information content (AvgIpc) is 3.52. The van der Waals surface area contributed by atoms with E-state index in [2.05, 4.69) is 11.9 Å². The third kappa shape index (κ3) is 7.02. The third-order valence-electron chi connectivity index (χ3n) is 8.41. The molecule has 2 aliphatic rings. The van der Waals surface area contributed by atoms with Gasteiger partial charge in [-0.3, -0.25) is 9.63 Å². The lowest BCUT2D eigenvalue weighted by atomic mass is 9.90. The summed E-state index contributed by atoms with van der Waals surface area (Å²) in [6.07, 6.45) is 3.25. The van der Waals surface area contributed by atoms with Gasteiger partial charge < -0.3 is 9.64 Å². The number of carbonyl (C=O) groups is 1. The summed E-state index contributed by atoms with van der Waals surface area (Å²) in [5.41, 5.74) is 3.06. The molecule has 3 aromatic rings. The number of Topliss-reactive ketones (excluding diaryl/α,β-unsaturated/α-hetero) is 1. The van der Waals surface area contributed by atoms with Crippen LogP contribution in [0.25, 0.3) is 5.69 Å². The lowest BCUT2D eigenvalue weighted by Gasteiger charge is -2.28. The maximum Gasteiger partial charge on any atom is 0.236 e. The molecule has 2 aromatic carbocycles. The quantitative estimate of drug-likeness (QED) is 0.297. The molecule has 220 valence electrons. The number of halogens is 2. The first kappa shape index (κ1) is 29.4. The van der Waals surface area contributed by atoms with Gasteiger partial charge in [0.1, 0.15) is 11.9 Å². The largest absolute Gasteiger partial charge is 0.476 e. The van der Waals surface area contributed by atoms with Crippen molar-refractivity contribution in [3.05, 3.63) is 77.0 Å². The molecule has 41 heavy (non-hydrogen) atoms. The fraction of sp³-hybridized carbons (Fsp3) is 0.500. The molecular formula is C32H40F2N4O3. The van der Waals surface area contributed by atoms with Gasteiger partial charge in [-0.05, 0) is 82.1 Å². The van der Waals surface area contributed by atoms with Crippen molar-refractivity contribution in [3.63, 3.8) is 0 Å². The van der Waals surface area contributed by atoms with Crippen molar-refractivity contribution < 1.29 is 23.1 Å². The number of likely N-dealkylation sites (tertiary alicyclic amines) is 1. The van der Waals surface area contributed by atoms with Gasteiger partial charge in [-0.2, -0.15) is 5.06 Å².